The van der Waals surface area contributed by atoms with E-state index in [9.17, 15) is 29.7 Å². The molecular weight excluding hydrogens is 824 g/mol. The molecule has 0 N–H and O–H groups in total. The minimum Gasteiger partial charge on any atom is -0.550 e. The van der Waals surface area contributed by atoms with Gasteiger partial charge >= 0.3 is 89.1 Å². The fourth-order valence-electron chi connectivity index (χ4n) is 7.92. The molecule has 6 nitrogen and oxygen atoms in total. The Morgan fingerprint density at radius 1 is 0.226 bits per heavy atom. The second-order valence-corrected chi connectivity index (χ2v) is 18.2. The largest absolute Gasteiger partial charge is 2.00 e. The molecule has 0 aromatic carbocycles. The Hall–Kier alpha value is 1.31. The third kappa shape index (κ3) is 81.5. The molecule has 360 valence electrons. The summed E-state index contributed by atoms with van der Waals surface area (Å²) in [5.74, 6) is -2.71. The molecule has 0 saturated heterocycles. The van der Waals surface area contributed by atoms with Crippen molar-refractivity contribution in [1.82, 2.24) is 0 Å². The van der Waals surface area contributed by atoms with Gasteiger partial charge in [-0.3, -0.25) is 0 Å². The van der Waals surface area contributed by atoms with Crippen LogP contribution in [0.2, 0.25) is 0 Å². The molecule has 0 rings (SSSR count). The van der Waals surface area contributed by atoms with Crippen LogP contribution in [-0.4, -0.2) is 55.6 Å². The molecule has 0 spiro atoms. The number of carbonyl (C=O) groups excluding carboxylic acids is 3. The number of aliphatic carboxylic acids is 3. The molecule has 0 aliphatic heterocycles. The van der Waals surface area contributed by atoms with E-state index in [0.29, 0.717) is 0 Å². The first-order valence-electron chi connectivity index (χ1n) is 26.9. The number of carboxylic acids is 3. The molecule has 8 heteroatoms. The molecule has 0 unspecified atom stereocenters. The van der Waals surface area contributed by atoms with Gasteiger partial charge in [0.15, 0.2) is 0 Å². The standard InChI is InChI=1S/3C18H36O2.Ca.K/c3*1-2-3-4-5-6-7-8-9-10-11-12-13-14-15-16-17-18(19)20;;/h3*2-17H2,1H3,(H,19,20);;/q;;;+2;+1/p-3. The van der Waals surface area contributed by atoms with E-state index in [1.54, 1.807) is 0 Å². The van der Waals surface area contributed by atoms with E-state index in [4.69, 9.17) is 0 Å². The molecule has 0 saturated carbocycles. The van der Waals surface area contributed by atoms with E-state index >= 15 is 0 Å². The van der Waals surface area contributed by atoms with Gasteiger partial charge < -0.3 is 29.7 Å². The van der Waals surface area contributed by atoms with Crippen molar-refractivity contribution in [3.63, 3.8) is 0 Å². The van der Waals surface area contributed by atoms with Crippen LogP contribution in [0.15, 0.2) is 0 Å². The van der Waals surface area contributed by atoms with Crippen molar-refractivity contribution in [1.29, 1.82) is 0 Å². The Balaban J connectivity index is -0.000000258. The van der Waals surface area contributed by atoms with Crippen LogP contribution >= 0.6 is 0 Å². The maximum Gasteiger partial charge on any atom is 2.00 e. The summed E-state index contributed by atoms with van der Waals surface area (Å²) in [6.07, 6.45) is 59.6. The average Bonchev–Trinajstić information content (AvgIpc) is 3.22. The van der Waals surface area contributed by atoms with Crippen molar-refractivity contribution in [3.8, 4) is 0 Å². The van der Waals surface area contributed by atoms with Crippen LogP contribution in [0, 0.1) is 0 Å². The van der Waals surface area contributed by atoms with Crippen LogP contribution < -0.4 is 66.7 Å². The van der Waals surface area contributed by atoms with Crippen LogP contribution in [0.25, 0.3) is 0 Å². The van der Waals surface area contributed by atoms with E-state index in [0.717, 1.165) is 38.5 Å². The van der Waals surface area contributed by atoms with E-state index in [2.05, 4.69) is 20.8 Å². The maximum absolute atomic E-state index is 10.2. The zero-order chi connectivity index (χ0) is 44.7. The fourth-order valence-corrected chi connectivity index (χ4v) is 7.92. The van der Waals surface area contributed by atoms with Crippen LogP contribution in [0.4, 0.5) is 0 Å². The van der Waals surface area contributed by atoms with Gasteiger partial charge in [-0.15, -0.1) is 0 Å². The summed E-state index contributed by atoms with van der Waals surface area (Å²) in [5.41, 5.74) is 0. The summed E-state index contributed by atoms with van der Waals surface area (Å²) in [7, 11) is 0. The van der Waals surface area contributed by atoms with Crippen molar-refractivity contribution < 1.29 is 81.1 Å². The molecule has 0 aliphatic carbocycles. The molecule has 0 bridgehead atoms. The van der Waals surface area contributed by atoms with Crippen LogP contribution in [0.5, 0.6) is 0 Å². The van der Waals surface area contributed by atoms with Crippen molar-refractivity contribution in [2.24, 2.45) is 0 Å². The Morgan fingerprint density at radius 2 is 0.323 bits per heavy atom. The Bertz CT molecular complexity index is 724. The first kappa shape index (κ1) is 72.3. The normalized spacial score (nSPS) is 10.5. The monoisotopic (exact) mass is 929 g/mol. The number of hydrogen-bond acceptors (Lipinski definition) is 6. The van der Waals surface area contributed by atoms with E-state index in [-0.39, 0.29) is 108 Å². The predicted octanol–water partition coefficient (Wildman–Crippen LogP) is 11.6. The second kappa shape index (κ2) is 68.9. The second-order valence-electron chi connectivity index (χ2n) is 18.2. The van der Waals surface area contributed by atoms with Gasteiger partial charge in [0.1, 0.15) is 0 Å². The first-order valence-corrected chi connectivity index (χ1v) is 26.9. The van der Waals surface area contributed by atoms with Gasteiger partial charge in [0, 0.05) is 17.9 Å². The third-order valence-electron chi connectivity index (χ3n) is 12.0. The molecule has 0 heterocycles. The van der Waals surface area contributed by atoms with Gasteiger partial charge in [-0.25, -0.2) is 0 Å². The number of unbranched alkanes of at least 4 members (excludes halogenated alkanes) is 42. The predicted molar refractivity (Wildman–Crippen MR) is 259 cm³/mol. The summed E-state index contributed by atoms with van der Waals surface area (Å²) in [4.78, 5) is 30.7. The molecular formula is C54H105CaKO6. The smallest absolute Gasteiger partial charge is 0.550 e. The SMILES string of the molecule is CCCCCCCCCCCCCCCCCC(=O)[O-].CCCCCCCCCCCCCCCCCC(=O)[O-].CCCCCCCCCCCCCCCCCC(=O)[O-].[Ca+2].[K+]. The quantitative estimate of drug-likeness (QED) is 0.0443. The summed E-state index contributed by atoms with van der Waals surface area (Å²) in [5, 5.41) is 30.7. The first-order chi connectivity index (χ1) is 29.3. The van der Waals surface area contributed by atoms with Gasteiger partial charge in [-0.2, -0.15) is 0 Å². The molecule has 0 atom stereocenters. The number of carboxylic acid groups (broad SMARTS) is 3. The Kier molecular flexibility index (Phi) is 80.3. The maximum atomic E-state index is 10.2. The third-order valence-corrected chi connectivity index (χ3v) is 12.0. The zero-order valence-electron chi connectivity index (χ0n) is 42.6. The van der Waals surface area contributed by atoms with E-state index in [1.807, 2.05) is 0 Å². The van der Waals surface area contributed by atoms with Gasteiger partial charge in [-0.1, -0.05) is 290 Å². The molecule has 0 fully saturated rings. The molecule has 0 radical (unpaired) electrons. The Morgan fingerprint density at radius 3 is 0.419 bits per heavy atom. The molecule has 0 aromatic heterocycles. The fraction of sp³-hybridized carbons (Fsp3) is 0.944. The summed E-state index contributed by atoms with van der Waals surface area (Å²) in [6.45, 7) is 6.80. The van der Waals surface area contributed by atoms with Crippen LogP contribution in [0.1, 0.15) is 329 Å². The summed E-state index contributed by atoms with van der Waals surface area (Å²) in [6, 6.07) is 0. The van der Waals surface area contributed by atoms with Crippen molar-refractivity contribution in [2.45, 2.75) is 329 Å². The van der Waals surface area contributed by atoms with Gasteiger partial charge in [0.2, 0.25) is 0 Å². The topological polar surface area (TPSA) is 120 Å². The Labute approximate surface area is 460 Å². The van der Waals surface area contributed by atoms with Gasteiger partial charge in [0.05, 0.1) is 0 Å². The summed E-state index contributed by atoms with van der Waals surface area (Å²) >= 11 is 0. The van der Waals surface area contributed by atoms with E-state index in [1.165, 1.54) is 250 Å². The van der Waals surface area contributed by atoms with Crippen molar-refractivity contribution in [3.05, 3.63) is 0 Å². The number of rotatable bonds is 48. The van der Waals surface area contributed by atoms with Crippen molar-refractivity contribution >= 4 is 55.6 Å². The van der Waals surface area contributed by atoms with Gasteiger partial charge in [-0.05, 0) is 38.5 Å². The van der Waals surface area contributed by atoms with E-state index < -0.39 is 17.9 Å². The minimum absolute atomic E-state index is 0. The van der Waals surface area contributed by atoms with Gasteiger partial charge in [0.25, 0.3) is 0 Å². The average molecular weight is 930 g/mol. The zero-order valence-corrected chi connectivity index (χ0v) is 47.9. The van der Waals surface area contributed by atoms with Crippen LogP contribution in [0.3, 0.4) is 0 Å². The van der Waals surface area contributed by atoms with Crippen LogP contribution in [-0.2, 0) is 14.4 Å². The number of carbonyl (C=O) groups is 3. The minimum atomic E-state index is -0.903. The summed E-state index contributed by atoms with van der Waals surface area (Å²) < 4.78 is 0. The molecule has 62 heavy (non-hydrogen) atoms. The number of hydrogen-bond donors (Lipinski definition) is 0. The molecule has 0 aliphatic rings. The molecule has 0 aromatic rings. The van der Waals surface area contributed by atoms with Crippen molar-refractivity contribution in [2.75, 3.05) is 0 Å². The molecule has 0 amide bonds.